The standard InChI is InChI=1S/C21H16F2N4O3/c1-11-2-5-13(6-3-11)25-20(28)15-10-24-27-18(9-17(21(29)30)26-19(15)27)14-7-4-12(22)8-16(14)23/h2-10,18,26H,1H3,(H,25,28)(H,29,30)/t18-/m0/s1. The van der Waals surface area contributed by atoms with Crippen molar-refractivity contribution in [3.8, 4) is 0 Å². The Morgan fingerprint density at radius 1 is 1.17 bits per heavy atom. The highest BCUT2D eigenvalue weighted by molar-refractivity contribution is 6.08. The van der Waals surface area contributed by atoms with Crippen molar-refractivity contribution in [3.63, 3.8) is 0 Å². The van der Waals surface area contributed by atoms with Crippen molar-refractivity contribution in [2.75, 3.05) is 10.6 Å². The van der Waals surface area contributed by atoms with Crippen LogP contribution in [-0.4, -0.2) is 26.8 Å². The number of aromatic nitrogens is 2. The number of anilines is 2. The lowest BCUT2D eigenvalue weighted by Gasteiger charge is -2.24. The molecule has 0 fully saturated rings. The summed E-state index contributed by atoms with van der Waals surface area (Å²) in [7, 11) is 0. The van der Waals surface area contributed by atoms with Crippen molar-refractivity contribution in [1.82, 2.24) is 9.78 Å². The van der Waals surface area contributed by atoms with Crippen molar-refractivity contribution in [1.29, 1.82) is 0 Å². The van der Waals surface area contributed by atoms with Gasteiger partial charge in [-0.2, -0.15) is 5.10 Å². The van der Waals surface area contributed by atoms with E-state index in [9.17, 15) is 23.5 Å². The molecule has 0 saturated heterocycles. The Balaban J connectivity index is 1.74. The molecule has 0 aliphatic carbocycles. The average Bonchev–Trinajstić information content (AvgIpc) is 3.13. The van der Waals surface area contributed by atoms with E-state index in [1.54, 1.807) is 12.1 Å². The largest absolute Gasteiger partial charge is 0.477 e. The Morgan fingerprint density at radius 2 is 1.90 bits per heavy atom. The van der Waals surface area contributed by atoms with Crippen LogP contribution >= 0.6 is 0 Å². The molecule has 1 amide bonds. The van der Waals surface area contributed by atoms with Gasteiger partial charge in [-0.05, 0) is 31.2 Å². The number of allylic oxidation sites excluding steroid dienone is 1. The lowest BCUT2D eigenvalue weighted by molar-refractivity contribution is -0.132. The van der Waals surface area contributed by atoms with E-state index in [0.717, 1.165) is 11.6 Å². The van der Waals surface area contributed by atoms with Gasteiger partial charge in [0, 0.05) is 17.3 Å². The lowest BCUT2D eigenvalue weighted by atomic mass is 10.0. The Labute approximate surface area is 169 Å². The van der Waals surface area contributed by atoms with E-state index in [0.29, 0.717) is 11.8 Å². The van der Waals surface area contributed by atoms with Crippen LogP contribution in [0.1, 0.15) is 27.5 Å². The Hall–Kier alpha value is -4.01. The highest BCUT2D eigenvalue weighted by Crippen LogP contribution is 2.33. The Bertz CT molecular complexity index is 1190. The summed E-state index contributed by atoms with van der Waals surface area (Å²) >= 11 is 0. The fourth-order valence-corrected chi connectivity index (χ4v) is 3.18. The number of rotatable bonds is 4. The number of halogens is 2. The second-order valence-electron chi connectivity index (χ2n) is 6.79. The molecule has 0 radical (unpaired) electrons. The van der Waals surface area contributed by atoms with Crippen molar-refractivity contribution in [2.45, 2.75) is 13.0 Å². The van der Waals surface area contributed by atoms with E-state index < -0.39 is 29.6 Å². The van der Waals surface area contributed by atoms with Crippen LogP contribution in [0.2, 0.25) is 0 Å². The van der Waals surface area contributed by atoms with Crippen LogP contribution in [0, 0.1) is 18.6 Å². The van der Waals surface area contributed by atoms with E-state index in [-0.39, 0.29) is 22.6 Å². The molecule has 3 aromatic rings. The first kappa shape index (κ1) is 19.3. The molecule has 0 spiro atoms. The molecule has 2 heterocycles. The summed E-state index contributed by atoms with van der Waals surface area (Å²) in [5.41, 5.74) is 1.43. The molecule has 0 unspecified atom stereocenters. The molecule has 0 saturated carbocycles. The molecule has 1 aliphatic heterocycles. The zero-order valence-corrected chi connectivity index (χ0v) is 15.7. The summed E-state index contributed by atoms with van der Waals surface area (Å²) in [6.45, 7) is 1.91. The molecule has 7 nitrogen and oxygen atoms in total. The van der Waals surface area contributed by atoms with Crippen molar-refractivity contribution in [2.24, 2.45) is 0 Å². The molecule has 9 heteroatoms. The van der Waals surface area contributed by atoms with Crippen LogP contribution in [0.4, 0.5) is 20.3 Å². The first-order valence-corrected chi connectivity index (χ1v) is 8.96. The third-order valence-electron chi connectivity index (χ3n) is 4.70. The van der Waals surface area contributed by atoms with Gasteiger partial charge in [0.2, 0.25) is 0 Å². The third-order valence-corrected chi connectivity index (χ3v) is 4.70. The number of aryl methyl sites for hydroxylation is 1. The molecule has 30 heavy (non-hydrogen) atoms. The normalized spacial score (nSPS) is 15.0. The summed E-state index contributed by atoms with van der Waals surface area (Å²) in [5.74, 6) is -3.33. The lowest BCUT2D eigenvalue weighted by Crippen LogP contribution is -2.26. The first-order valence-electron chi connectivity index (χ1n) is 8.96. The number of carbonyl (C=O) groups is 2. The van der Waals surface area contributed by atoms with E-state index in [4.69, 9.17) is 0 Å². The first-order chi connectivity index (χ1) is 14.3. The minimum Gasteiger partial charge on any atom is -0.477 e. The minimum absolute atomic E-state index is 0.0199. The monoisotopic (exact) mass is 410 g/mol. The molecule has 1 aliphatic rings. The number of aliphatic carboxylic acids is 1. The van der Waals surface area contributed by atoms with Gasteiger partial charge in [0.05, 0.1) is 6.20 Å². The van der Waals surface area contributed by atoms with E-state index in [2.05, 4.69) is 15.7 Å². The van der Waals surface area contributed by atoms with Gasteiger partial charge in [0.1, 0.15) is 34.8 Å². The molecule has 4 rings (SSSR count). The second-order valence-corrected chi connectivity index (χ2v) is 6.79. The second kappa shape index (κ2) is 7.43. The number of amides is 1. The number of carbonyl (C=O) groups excluding carboxylic acids is 1. The maximum absolute atomic E-state index is 14.4. The predicted molar refractivity (Wildman–Crippen MR) is 105 cm³/mol. The number of fused-ring (bicyclic) bond motifs is 1. The minimum atomic E-state index is -1.29. The summed E-state index contributed by atoms with van der Waals surface area (Å²) in [6, 6.07) is 9.15. The number of nitrogens with zero attached hydrogens (tertiary/aromatic N) is 2. The van der Waals surface area contributed by atoms with Crippen LogP contribution in [-0.2, 0) is 4.79 Å². The Kier molecular flexibility index (Phi) is 4.78. The van der Waals surface area contributed by atoms with Gasteiger partial charge in [-0.25, -0.2) is 18.3 Å². The molecule has 152 valence electrons. The van der Waals surface area contributed by atoms with Gasteiger partial charge in [-0.3, -0.25) is 4.79 Å². The van der Waals surface area contributed by atoms with Crippen molar-refractivity contribution >= 4 is 23.4 Å². The van der Waals surface area contributed by atoms with Crippen LogP contribution in [0.15, 0.2) is 60.4 Å². The number of carboxylic acids is 1. The Morgan fingerprint density at radius 3 is 2.57 bits per heavy atom. The zero-order valence-electron chi connectivity index (χ0n) is 15.7. The topological polar surface area (TPSA) is 96.3 Å². The predicted octanol–water partition coefficient (Wildman–Crippen LogP) is 3.71. The molecular weight excluding hydrogens is 394 g/mol. The molecule has 0 bridgehead atoms. The van der Waals surface area contributed by atoms with Gasteiger partial charge in [-0.1, -0.05) is 23.8 Å². The zero-order chi connectivity index (χ0) is 21.4. The van der Waals surface area contributed by atoms with Crippen LogP contribution in [0.3, 0.4) is 0 Å². The molecular formula is C21H16F2N4O3. The van der Waals surface area contributed by atoms with Gasteiger partial charge >= 0.3 is 5.97 Å². The number of hydrogen-bond acceptors (Lipinski definition) is 4. The summed E-state index contributed by atoms with van der Waals surface area (Å²) in [6.07, 6.45) is 2.51. The number of nitrogens with one attached hydrogen (secondary N) is 2. The maximum Gasteiger partial charge on any atom is 0.352 e. The number of benzene rings is 2. The SMILES string of the molecule is Cc1ccc(NC(=O)c2cnn3c2NC(C(=O)O)=C[C@H]3c2ccc(F)cc2F)cc1. The van der Waals surface area contributed by atoms with E-state index in [1.165, 1.54) is 23.0 Å². The smallest absolute Gasteiger partial charge is 0.352 e. The summed E-state index contributed by atoms with van der Waals surface area (Å²) in [4.78, 5) is 24.4. The van der Waals surface area contributed by atoms with Crippen LogP contribution < -0.4 is 10.6 Å². The van der Waals surface area contributed by atoms with E-state index >= 15 is 0 Å². The van der Waals surface area contributed by atoms with Crippen molar-refractivity contribution < 1.29 is 23.5 Å². The van der Waals surface area contributed by atoms with Crippen molar-refractivity contribution in [3.05, 3.63) is 88.8 Å². The highest BCUT2D eigenvalue weighted by Gasteiger charge is 2.30. The van der Waals surface area contributed by atoms with E-state index in [1.807, 2.05) is 19.1 Å². The van der Waals surface area contributed by atoms with Gasteiger partial charge in [-0.15, -0.1) is 0 Å². The molecule has 2 aromatic carbocycles. The summed E-state index contributed by atoms with van der Waals surface area (Å²) in [5, 5.41) is 19.0. The molecule has 3 N–H and O–H groups in total. The number of carboxylic acid groups (broad SMARTS) is 1. The fourth-order valence-electron chi connectivity index (χ4n) is 3.18. The third kappa shape index (κ3) is 3.52. The quantitative estimate of drug-likeness (QED) is 0.610. The van der Waals surface area contributed by atoms with Crippen LogP contribution in [0.25, 0.3) is 0 Å². The number of hydrogen-bond donors (Lipinski definition) is 3. The van der Waals surface area contributed by atoms with Gasteiger partial charge in [0.15, 0.2) is 0 Å². The summed E-state index contributed by atoms with van der Waals surface area (Å²) < 4.78 is 29.0. The average molecular weight is 410 g/mol. The fraction of sp³-hybridized carbons (Fsp3) is 0.0952. The van der Waals surface area contributed by atoms with Crippen LogP contribution in [0.5, 0.6) is 0 Å². The van der Waals surface area contributed by atoms with Gasteiger partial charge < -0.3 is 15.7 Å². The molecule has 1 aromatic heterocycles. The highest BCUT2D eigenvalue weighted by atomic mass is 19.1. The maximum atomic E-state index is 14.4. The van der Waals surface area contributed by atoms with Gasteiger partial charge in [0.25, 0.3) is 5.91 Å². The molecule has 1 atom stereocenters.